The van der Waals surface area contributed by atoms with E-state index in [1.54, 1.807) is 0 Å². The van der Waals surface area contributed by atoms with E-state index in [0.717, 1.165) is 77.0 Å². The van der Waals surface area contributed by atoms with Gasteiger partial charge in [0.15, 0.2) is 6.10 Å². The van der Waals surface area contributed by atoms with Crippen LogP contribution in [0.25, 0.3) is 0 Å². The molecule has 0 radical (unpaired) electrons. The highest BCUT2D eigenvalue weighted by Crippen LogP contribution is 2.18. The Labute approximate surface area is 510 Å². The van der Waals surface area contributed by atoms with Crippen molar-refractivity contribution >= 4 is 17.9 Å². The van der Waals surface area contributed by atoms with Gasteiger partial charge in [-0.15, -0.1) is 0 Å². The van der Waals surface area contributed by atoms with Crippen molar-refractivity contribution in [3.63, 3.8) is 0 Å². The lowest BCUT2D eigenvalue weighted by Gasteiger charge is -2.18. The number of carbonyl (C=O) groups excluding carboxylic acids is 3. The molecule has 0 aliphatic heterocycles. The summed E-state index contributed by atoms with van der Waals surface area (Å²) >= 11 is 0. The van der Waals surface area contributed by atoms with Gasteiger partial charge in [-0.2, -0.15) is 0 Å². The van der Waals surface area contributed by atoms with Gasteiger partial charge >= 0.3 is 17.9 Å². The van der Waals surface area contributed by atoms with Crippen LogP contribution in [0.5, 0.6) is 0 Å². The molecule has 0 aromatic rings. The largest absolute Gasteiger partial charge is 0.462 e. The third-order valence-corrected chi connectivity index (χ3v) is 16.2. The third kappa shape index (κ3) is 67.9. The molecule has 0 saturated carbocycles. The molecule has 0 amide bonds. The topological polar surface area (TPSA) is 78.9 Å². The van der Waals surface area contributed by atoms with Crippen LogP contribution in [-0.2, 0) is 28.6 Å². The molecule has 6 nitrogen and oxygen atoms in total. The lowest BCUT2D eigenvalue weighted by Crippen LogP contribution is -2.30. The summed E-state index contributed by atoms with van der Waals surface area (Å²) in [5.74, 6) is -0.864. The second-order valence-electron chi connectivity index (χ2n) is 24.5. The zero-order chi connectivity index (χ0) is 59.2. The standard InChI is InChI=1S/C76H138O6/c1-4-7-10-13-16-19-22-25-28-30-32-33-34-35-36-37-38-39-40-41-42-43-45-46-48-51-54-57-60-63-66-69-75(78)81-72-73(71-80-74(77)68-65-62-59-56-53-50-27-24-21-18-15-12-9-6-3)82-76(79)70-67-64-61-58-55-52-49-47-44-31-29-26-23-20-17-14-11-8-5-2/h17,20,22,24-27,29-30,32,73H,4-16,18-19,21,23,28,31,33-72H2,1-3H3/b20-17-,25-22-,27-24-,29-26-,32-30-. The van der Waals surface area contributed by atoms with Gasteiger partial charge in [0.25, 0.3) is 0 Å². The Hall–Kier alpha value is -2.89. The zero-order valence-corrected chi connectivity index (χ0v) is 55.0. The molecule has 0 aromatic carbocycles. The molecular weight excluding hydrogens is 1010 g/mol. The second kappa shape index (κ2) is 70.6. The molecule has 1 atom stereocenters. The first-order chi connectivity index (χ1) is 40.5. The van der Waals surface area contributed by atoms with Crippen LogP contribution in [0.15, 0.2) is 60.8 Å². The molecule has 0 spiro atoms. The monoisotopic (exact) mass is 1150 g/mol. The Kier molecular flexibility index (Phi) is 68.1. The molecule has 1 unspecified atom stereocenters. The maximum atomic E-state index is 12.9. The minimum Gasteiger partial charge on any atom is -0.462 e. The molecule has 0 aliphatic rings. The molecule has 0 heterocycles. The van der Waals surface area contributed by atoms with Crippen LogP contribution < -0.4 is 0 Å². The first kappa shape index (κ1) is 79.1. The van der Waals surface area contributed by atoms with E-state index < -0.39 is 6.10 Å². The maximum Gasteiger partial charge on any atom is 0.306 e. The number of unbranched alkanes of at least 4 members (excludes halogenated alkanes) is 46. The number of allylic oxidation sites excluding steroid dienone is 10. The van der Waals surface area contributed by atoms with Crippen molar-refractivity contribution in [1.82, 2.24) is 0 Å². The Morgan fingerprint density at radius 1 is 0.244 bits per heavy atom. The van der Waals surface area contributed by atoms with E-state index in [0.29, 0.717) is 19.3 Å². The van der Waals surface area contributed by atoms with Crippen LogP contribution >= 0.6 is 0 Å². The fourth-order valence-corrected chi connectivity index (χ4v) is 10.7. The lowest BCUT2D eigenvalue weighted by molar-refractivity contribution is -0.167. The predicted octanol–water partition coefficient (Wildman–Crippen LogP) is 25.1. The van der Waals surface area contributed by atoms with E-state index in [1.165, 1.54) is 270 Å². The van der Waals surface area contributed by atoms with Gasteiger partial charge in [0.1, 0.15) is 13.2 Å². The minimum absolute atomic E-state index is 0.0746. The third-order valence-electron chi connectivity index (χ3n) is 16.2. The summed E-state index contributed by atoms with van der Waals surface area (Å²) in [7, 11) is 0. The van der Waals surface area contributed by atoms with E-state index in [1.807, 2.05) is 0 Å². The van der Waals surface area contributed by atoms with Crippen molar-refractivity contribution in [2.24, 2.45) is 0 Å². The molecular formula is C76H138O6. The van der Waals surface area contributed by atoms with Gasteiger partial charge in [0, 0.05) is 19.3 Å². The first-order valence-corrected chi connectivity index (χ1v) is 36.3. The predicted molar refractivity (Wildman–Crippen MR) is 358 cm³/mol. The van der Waals surface area contributed by atoms with Gasteiger partial charge in [-0.1, -0.05) is 319 Å². The van der Waals surface area contributed by atoms with Crippen molar-refractivity contribution in [2.45, 2.75) is 393 Å². The van der Waals surface area contributed by atoms with Crippen LogP contribution in [0.4, 0.5) is 0 Å². The molecule has 0 rings (SSSR count). The van der Waals surface area contributed by atoms with Gasteiger partial charge in [-0.25, -0.2) is 0 Å². The lowest BCUT2D eigenvalue weighted by atomic mass is 10.0. The Morgan fingerprint density at radius 2 is 0.439 bits per heavy atom. The number of rotatable bonds is 67. The van der Waals surface area contributed by atoms with Crippen molar-refractivity contribution in [3.8, 4) is 0 Å². The van der Waals surface area contributed by atoms with Gasteiger partial charge in [0.05, 0.1) is 0 Å². The summed E-state index contributed by atoms with van der Waals surface area (Å²) in [6.07, 6.45) is 91.1. The fourth-order valence-electron chi connectivity index (χ4n) is 10.7. The zero-order valence-electron chi connectivity index (χ0n) is 55.0. The number of hydrogen-bond acceptors (Lipinski definition) is 6. The molecule has 82 heavy (non-hydrogen) atoms. The molecule has 0 bridgehead atoms. The highest BCUT2D eigenvalue weighted by molar-refractivity contribution is 5.71. The molecule has 0 aliphatic carbocycles. The highest BCUT2D eigenvalue weighted by atomic mass is 16.6. The number of hydrogen-bond donors (Lipinski definition) is 0. The summed E-state index contributed by atoms with van der Waals surface area (Å²) in [6.45, 7) is 6.64. The molecule has 6 heteroatoms. The molecule has 0 aromatic heterocycles. The summed E-state index contributed by atoms with van der Waals surface area (Å²) in [5.41, 5.74) is 0. The quantitative estimate of drug-likeness (QED) is 0.0261. The van der Waals surface area contributed by atoms with Crippen molar-refractivity contribution in [2.75, 3.05) is 13.2 Å². The van der Waals surface area contributed by atoms with Gasteiger partial charge in [-0.3, -0.25) is 14.4 Å². The maximum absolute atomic E-state index is 12.9. The molecule has 478 valence electrons. The Morgan fingerprint density at radius 3 is 0.707 bits per heavy atom. The Balaban J connectivity index is 4.19. The van der Waals surface area contributed by atoms with E-state index in [2.05, 4.69) is 81.5 Å². The van der Waals surface area contributed by atoms with E-state index in [9.17, 15) is 14.4 Å². The van der Waals surface area contributed by atoms with Crippen LogP contribution in [0.1, 0.15) is 387 Å². The highest BCUT2D eigenvalue weighted by Gasteiger charge is 2.19. The van der Waals surface area contributed by atoms with Crippen LogP contribution in [-0.4, -0.2) is 37.2 Å². The van der Waals surface area contributed by atoms with Crippen molar-refractivity contribution < 1.29 is 28.6 Å². The normalized spacial score (nSPS) is 12.4. The number of esters is 3. The van der Waals surface area contributed by atoms with Crippen molar-refractivity contribution in [1.29, 1.82) is 0 Å². The first-order valence-electron chi connectivity index (χ1n) is 36.3. The molecule has 0 fully saturated rings. The molecule has 0 N–H and O–H groups in total. The Bertz CT molecular complexity index is 1460. The molecule has 0 saturated heterocycles. The SMILES string of the molecule is CCCCC/C=C\C/C=C\CCCCCCCCCCCC(=O)OC(COC(=O)CCCCCCC/C=C\CCCCCCC)COC(=O)CCCCCCCCCCCCCCCCCCCCC/C=C\C/C=C\CCCCCCC. The van der Waals surface area contributed by atoms with Crippen molar-refractivity contribution in [3.05, 3.63) is 60.8 Å². The van der Waals surface area contributed by atoms with Crippen LogP contribution in [0.3, 0.4) is 0 Å². The number of ether oxygens (including phenoxy) is 3. The summed E-state index contributed by atoms with van der Waals surface area (Å²) < 4.78 is 17.0. The van der Waals surface area contributed by atoms with Gasteiger partial charge < -0.3 is 14.2 Å². The summed E-state index contributed by atoms with van der Waals surface area (Å²) in [6, 6.07) is 0. The number of carbonyl (C=O) groups is 3. The smallest absolute Gasteiger partial charge is 0.306 e. The summed E-state index contributed by atoms with van der Waals surface area (Å²) in [4.78, 5) is 38.4. The second-order valence-corrected chi connectivity index (χ2v) is 24.5. The van der Waals surface area contributed by atoms with Gasteiger partial charge in [-0.05, 0) is 109 Å². The summed E-state index contributed by atoms with van der Waals surface area (Å²) in [5, 5.41) is 0. The van der Waals surface area contributed by atoms with E-state index in [4.69, 9.17) is 14.2 Å². The average molecular weight is 1150 g/mol. The average Bonchev–Trinajstić information content (AvgIpc) is 3.47. The van der Waals surface area contributed by atoms with Crippen LogP contribution in [0, 0.1) is 0 Å². The fraction of sp³-hybridized carbons (Fsp3) is 0.829. The van der Waals surface area contributed by atoms with E-state index in [-0.39, 0.29) is 31.1 Å². The minimum atomic E-state index is -0.780. The van der Waals surface area contributed by atoms with Crippen LogP contribution in [0.2, 0.25) is 0 Å². The van der Waals surface area contributed by atoms with E-state index >= 15 is 0 Å². The van der Waals surface area contributed by atoms with Gasteiger partial charge in [0.2, 0.25) is 0 Å².